The van der Waals surface area contributed by atoms with Crippen molar-refractivity contribution < 1.29 is 0 Å². The van der Waals surface area contributed by atoms with E-state index in [4.69, 9.17) is 5.73 Å². The summed E-state index contributed by atoms with van der Waals surface area (Å²) < 4.78 is 0. The fraction of sp³-hybridized carbons (Fsp3) is 0.360. The van der Waals surface area contributed by atoms with Gasteiger partial charge in [0.25, 0.3) is 0 Å². The van der Waals surface area contributed by atoms with Gasteiger partial charge < -0.3 is 20.4 Å². The highest BCUT2D eigenvalue weighted by Crippen LogP contribution is 2.30. The second kappa shape index (κ2) is 9.44. The summed E-state index contributed by atoms with van der Waals surface area (Å²) in [5.74, 6) is 1.74. The summed E-state index contributed by atoms with van der Waals surface area (Å²) in [6, 6.07) is 21.3. The smallest absolute Gasteiger partial charge is 0.157 e. The maximum atomic E-state index is 6.61. The van der Waals surface area contributed by atoms with Gasteiger partial charge in [0.1, 0.15) is 12.0 Å². The summed E-state index contributed by atoms with van der Waals surface area (Å²) in [6.07, 6.45) is 1.67. The Bertz CT molecular complexity index is 995. The predicted octanol–water partition coefficient (Wildman–Crippen LogP) is 2.71. The van der Waals surface area contributed by atoms with Crippen LogP contribution in [0.5, 0.6) is 0 Å². The highest BCUT2D eigenvalue weighted by molar-refractivity contribution is 5.76. The largest absolute Gasteiger partial charge is 0.393 e. The SMILES string of the molecule is Nc1c(N2CCN(Cc3ccccc3)CC2)ncnc1N1CCN(c2ccccc2)CC1. The lowest BCUT2D eigenvalue weighted by molar-refractivity contribution is 0.249. The van der Waals surface area contributed by atoms with Gasteiger partial charge in [0.2, 0.25) is 0 Å². The Morgan fingerprint density at radius 3 is 1.72 bits per heavy atom. The number of nitrogens with zero attached hydrogens (tertiary/aromatic N) is 6. The first-order chi connectivity index (χ1) is 15.8. The quantitative estimate of drug-likeness (QED) is 0.669. The van der Waals surface area contributed by atoms with Crippen molar-refractivity contribution >= 4 is 23.0 Å². The fourth-order valence-corrected chi connectivity index (χ4v) is 4.66. The van der Waals surface area contributed by atoms with E-state index in [2.05, 4.69) is 90.2 Å². The second-order valence-electron chi connectivity index (χ2n) is 8.49. The van der Waals surface area contributed by atoms with Gasteiger partial charge in [-0.05, 0) is 17.7 Å². The lowest BCUT2D eigenvalue weighted by Crippen LogP contribution is -2.48. The molecule has 7 nitrogen and oxygen atoms in total. The molecule has 0 saturated carbocycles. The number of anilines is 4. The van der Waals surface area contributed by atoms with Gasteiger partial charge in [-0.3, -0.25) is 4.90 Å². The minimum Gasteiger partial charge on any atom is -0.393 e. The van der Waals surface area contributed by atoms with Gasteiger partial charge in [0.15, 0.2) is 11.6 Å². The van der Waals surface area contributed by atoms with Crippen LogP contribution >= 0.6 is 0 Å². The third kappa shape index (κ3) is 4.48. The molecule has 32 heavy (non-hydrogen) atoms. The Morgan fingerprint density at radius 2 is 1.12 bits per heavy atom. The van der Waals surface area contributed by atoms with Gasteiger partial charge in [-0.25, -0.2) is 9.97 Å². The zero-order valence-electron chi connectivity index (χ0n) is 18.5. The van der Waals surface area contributed by atoms with E-state index in [1.165, 1.54) is 11.3 Å². The maximum Gasteiger partial charge on any atom is 0.157 e. The van der Waals surface area contributed by atoms with Crippen molar-refractivity contribution in [3.05, 3.63) is 72.6 Å². The molecule has 2 aliphatic rings. The van der Waals surface area contributed by atoms with Crippen LogP contribution in [0.2, 0.25) is 0 Å². The maximum absolute atomic E-state index is 6.61. The second-order valence-corrected chi connectivity index (χ2v) is 8.49. The predicted molar refractivity (Wildman–Crippen MR) is 131 cm³/mol. The number of rotatable bonds is 5. The van der Waals surface area contributed by atoms with Crippen LogP contribution < -0.4 is 20.4 Å². The molecule has 0 radical (unpaired) electrons. The van der Waals surface area contributed by atoms with E-state index < -0.39 is 0 Å². The topological polar surface area (TPSA) is 64.8 Å². The molecule has 2 fully saturated rings. The Hall–Kier alpha value is -3.32. The van der Waals surface area contributed by atoms with Crippen LogP contribution in [0.3, 0.4) is 0 Å². The number of piperazine rings is 2. The summed E-state index contributed by atoms with van der Waals surface area (Å²) >= 11 is 0. The first-order valence-electron chi connectivity index (χ1n) is 11.4. The number of nitrogen functional groups attached to an aromatic ring is 1. The van der Waals surface area contributed by atoms with Gasteiger partial charge in [0.05, 0.1) is 0 Å². The van der Waals surface area contributed by atoms with E-state index in [-0.39, 0.29) is 0 Å². The Balaban J connectivity index is 1.21. The number of hydrogen-bond acceptors (Lipinski definition) is 7. The van der Waals surface area contributed by atoms with Crippen LogP contribution in [0.25, 0.3) is 0 Å². The number of hydrogen-bond donors (Lipinski definition) is 1. The van der Waals surface area contributed by atoms with E-state index in [9.17, 15) is 0 Å². The summed E-state index contributed by atoms with van der Waals surface area (Å²) in [5.41, 5.74) is 9.95. The van der Waals surface area contributed by atoms with Crippen LogP contribution in [-0.2, 0) is 6.54 Å². The molecule has 0 amide bonds. The van der Waals surface area contributed by atoms with Crippen molar-refractivity contribution in [2.24, 2.45) is 0 Å². The Morgan fingerprint density at radius 1 is 0.625 bits per heavy atom. The summed E-state index contributed by atoms with van der Waals surface area (Å²) in [4.78, 5) is 18.6. The van der Waals surface area contributed by atoms with E-state index >= 15 is 0 Å². The van der Waals surface area contributed by atoms with Gasteiger partial charge in [-0.1, -0.05) is 48.5 Å². The molecule has 0 spiro atoms. The summed E-state index contributed by atoms with van der Waals surface area (Å²) in [7, 11) is 0. The summed E-state index contributed by atoms with van der Waals surface area (Å²) in [5, 5.41) is 0. The normalized spacial score (nSPS) is 17.6. The zero-order valence-corrected chi connectivity index (χ0v) is 18.5. The van der Waals surface area contributed by atoms with Crippen LogP contribution in [0.1, 0.15) is 5.56 Å². The number of aromatic nitrogens is 2. The van der Waals surface area contributed by atoms with E-state index in [0.717, 1.165) is 70.5 Å². The molecule has 0 aliphatic carbocycles. The van der Waals surface area contributed by atoms with Gasteiger partial charge in [-0.2, -0.15) is 0 Å². The van der Waals surface area contributed by atoms with E-state index in [1.54, 1.807) is 6.33 Å². The van der Waals surface area contributed by atoms with Crippen LogP contribution in [-0.4, -0.2) is 67.2 Å². The van der Waals surface area contributed by atoms with Crippen molar-refractivity contribution in [3.8, 4) is 0 Å². The molecule has 2 aromatic carbocycles. The Labute approximate surface area is 190 Å². The number of para-hydroxylation sites is 1. The molecular formula is C25H31N7. The highest BCUT2D eigenvalue weighted by Gasteiger charge is 2.25. The summed E-state index contributed by atoms with van der Waals surface area (Å²) in [6.45, 7) is 8.57. The minimum atomic E-state index is 0.706. The molecule has 2 saturated heterocycles. The fourth-order valence-electron chi connectivity index (χ4n) is 4.66. The lowest BCUT2D eigenvalue weighted by Gasteiger charge is -2.38. The molecule has 166 valence electrons. The molecule has 0 bridgehead atoms. The van der Waals surface area contributed by atoms with E-state index in [1.807, 2.05) is 0 Å². The average molecular weight is 430 g/mol. The molecule has 2 aliphatic heterocycles. The van der Waals surface area contributed by atoms with E-state index in [0.29, 0.717) is 5.69 Å². The van der Waals surface area contributed by atoms with Crippen molar-refractivity contribution in [1.82, 2.24) is 14.9 Å². The van der Waals surface area contributed by atoms with Crippen molar-refractivity contribution in [2.45, 2.75) is 6.54 Å². The average Bonchev–Trinajstić information content (AvgIpc) is 2.86. The third-order valence-corrected chi connectivity index (χ3v) is 6.46. The molecule has 7 heteroatoms. The number of nitrogens with two attached hydrogens (primary N) is 1. The number of benzene rings is 2. The Kier molecular flexibility index (Phi) is 6.07. The standard InChI is InChI=1S/C25H31N7/c26-23-24(31-13-11-29(12-14-31)19-21-7-3-1-4-8-21)27-20-28-25(23)32-17-15-30(16-18-32)22-9-5-2-6-10-22/h1-10,20H,11-19,26H2. The molecule has 2 N–H and O–H groups in total. The van der Waals surface area contributed by atoms with Crippen LogP contribution in [0, 0.1) is 0 Å². The molecule has 3 aromatic rings. The molecule has 0 unspecified atom stereocenters. The van der Waals surface area contributed by atoms with Crippen molar-refractivity contribution in [2.75, 3.05) is 72.8 Å². The van der Waals surface area contributed by atoms with Crippen molar-refractivity contribution in [3.63, 3.8) is 0 Å². The molecule has 1 aromatic heterocycles. The first kappa shape index (κ1) is 20.6. The van der Waals surface area contributed by atoms with Crippen molar-refractivity contribution in [1.29, 1.82) is 0 Å². The minimum absolute atomic E-state index is 0.706. The van der Waals surface area contributed by atoms with Crippen LogP contribution in [0.15, 0.2) is 67.0 Å². The van der Waals surface area contributed by atoms with Gasteiger partial charge in [-0.15, -0.1) is 0 Å². The third-order valence-electron chi connectivity index (χ3n) is 6.46. The lowest BCUT2D eigenvalue weighted by atomic mass is 10.2. The zero-order chi connectivity index (χ0) is 21.8. The monoisotopic (exact) mass is 429 g/mol. The van der Waals surface area contributed by atoms with Gasteiger partial charge in [0, 0.05) is 64.6 Å². The first-order valence-corrected chi connectivity index (χ1v) is 11.4. The van der Waals surface area contributed by atoms with Gasteiger partial charge >= 0.3 is 0 Å². The molecule has 0 atom stereocenters. The molecule has 3 heterocycles. The molecule has 5 rings (SSSR count). The highest BCUT2D eigenvalue weighted by atomic mass is 15.3. The van der Waals surface area contributed by atoms with Crippen LogP contribution in [0.4, 0.5) is 23.0 Å². The molecular weight excluding hydrogens is 398 g/mol.